The van der Waals surface area contributed by atoms with Crippen LogP contribution >= 0.6 is 22.6 Å². The molecule has 0 aliphatic heterocycles. The van der Waals surface area contributed by atoms with Crippen LogP contribution in [0.4, 0.5) is 14.5 Å². The number of amides is 1. The predicted molar refractivity (Wildman–Crippen MR) is 98.0 cm³/mol. The van der Waals surface area contributed by atoms with E-state index in [0.717, 1.165) is 15.7 Å². The third kappa shape index (κ3) is 4.41. The monoisotopic (exact) mass is 454 g/mol. The molecule has 25 heavy (non-hydrogen) atoms. The van der Waals surface area contributed by atoms with Crippen molar-refractivity contribution in [2.45, 2.75) is 12.8 Å². The molecule has 4 nitrogen and oxygen atoms in total. The van der Waals surface area contributed by atoms with Gasteiger partial charge in [-0.3, -0.25) is 4.79 Å². The van der Waals surface area contributed by atoms with Crippen LogP contribution in [0.25, 0.3) is 11.3 Å². The summed E-state index contributed by atoms with van der Waals surface area (Å²) in [4.78, 5) is 16.0. The molecule has 1 heterocycles. The largest absolute Gasteiger partial charge is 0.441 e. The Morgan fingerprint density at radius 1 is 1.16 bits per heavy atom. The molecule has 2 aromatic carbocycles. The first-order valence-electron chi connectivity index (χ1n) is 7.47. The minimum Gasteiger partial charge on any atom is -0.441 e. The molecule has 3 rings (SSSR count). The van der Waals surface area contributed by atoms with Gasteiger partial charge in [-0.05, 0) is 52.9 Å². The maximum absolute atomic E-state index is 13.7. The fraction of sp³-hybridized carbons (Fsp3) is 0.111. The first kappa shape index (κ1) is 17.5. The zero-order valence-corrected chi connectivity index (χ0v) is 15.1. The van der Waals surface area contributed by atoms with Crippen molar-refractivity contribution in [3.8, 4) is 11.3 Å². The van der Waals surface area contributed by atoms with E-state index in [1.54, 1.807) is 6.07 Å². The van der Waals surface area contributed by atoms with Crippen LogP contribution in [0.1, 0.15) is 12.3 Å². The van der Waals surface area contributed by atoms with E-state index in [1.807, 2.05) is 18.2 Å². The fourth-order valence-corrected chi connectivity index (χ4v) is 2.83. The summed E-state index contributed by atoms with van der Waals surface area (Å²) in [5, 5.41) is 2.78. The smallest absolute Gasteiger partial charge is 0.224 e. The Bertz CT molecular complexity index is 891. The second-order valence-electron chi connectivity index (χ2n) is 5.27. The normalized spacial score (nSPS) is 10.7. The highest BCUT2D eigenvalue weighted by Gasteiger charge is 2.16. The number of benzene rings is 2. The zero-order valence-electron chi connectivity index (χ0n) is 12.9. The van der Waals surface area contributed by atoms with Crippen LogP contribution in [0.5, 0.6) is 0 Å². The molecule has 0 radical (unpaired) electrons. The van der Waals surface area contributed by atoms with Crippen molar-refractivity contribution < 1.29 is 18.0 Å². The van der Waals surface area contributed by atoms with E-state index in [9.17, 15) is 13.6 Å². The van der Waals surface area contributed by atoms with Crippen LogP contribution in [0, 0.1) is 15.2 Å². The van der Waals surface area contributed by atoms with E-state index in [-0.39, 0.29) is 36.0 Å². The number of nitrogens with zero attached hydrogens (tertiary/aromatic N) is 1. The van der Waals surface area contributed by atoms with Gasteiger partial charge >= 0.3 is 0 Å². The van der Waals surface area contributed by atoms with E-state index in [4.69, 9.17) is 4.42 Å². The van der Waals surface area contributed by atoms with Crippen LogP contribution in [-0.4, -0.2) is 10.9 Å². The van der Waals surface area contributed by atoms with Crippen LogP contribution in [0.3, 0.4) is 0 Å². The van der Waals surface area contributed by atoms with Gasteiger partial charge < -0.3 is 9.73 Å². The Morgan fingerprint density at radius 2 is 1.88 bits per heavy atom. The Kier molecular flexibility index (Phi) is 5.42. The molecule has 0 saturated carbocycles. The van der Waals surface area contributed by atoms with Crippen LogP contribution in [-0.2, 0) is 11.2 Å². The summed E-state index contributed by atoms with van der Waals surface area (Å²) in [6.07, 6.45) is 1.63. The van der Waals surface area contributed by atoms with Crippen LogP contribution in [0.15, 0.2) is 53.1 Å². The van der Waals surface area contributed by atoms with Gasteiger partial charge in [0.15, 0.2) is 11.7 Å². The first-order chi connectivity index (χ1) is 12.0. The van der Waals surface area contributed by atoms with Gasteiger partial charge in [0.05, 0.1) is 11.8 Å². The Labute approximate surface area is 156 Å². The number of anilines is 1. The lowest BCUT2D eigenvalue weighted by atomic mass is 10.1. The van der Waals surface area contributed by atoms with Crippen molar-refractivity contribution in [2.75, 3.05) is 5.32 Å². The van der Waals surface area contributed by atoms with Gasteiger partial charge in [0, 0.05) is 22.1 Å². The Hall–Kier alpha value is -2.29. The van der Waals surface area contributed by atoms with Gasteiger partial charge in [0.25, 0.3) is 0 Å². The van der Waals surface area contributed by atoms with Crippen LogP contribution in [0.2, 0.25) is 0 Å². The maximum atomic E-state index is 13.7. The third-order valence-corrected chi connectivity index (χ3v) is 4.11. The highest BCUT2D eigenvalue weighted by atomic mass is 127. The fourth-order valence-electron chi connectivity index (χ4n) is 2.28. The molecular formula is C18H13F2IN2O2. The maximum Gasteiger partial charge on any atom is 0.224 e. The molecule has 0 saturated heterocycles. The molecule has 0 bridgehead atoms. The third-order valence-electron chi connectivity index (χ3n) is 3.44. The van der Waals surface area contributed by atoms with Crippen molar-refractivity contribution >= 4 is 34.2 Å². The minimum atomic E-state index is -0.723. The van der Waals surface area contributed by atoms with Gasteiger partial charge in [-0.2, -0.15) is 0 Å². The molecule has 128 valence electrons. The summed E-state index contributed by atoms with van der Waals surface area (Å²) in [7, 11) is 0. The number of nitrogens with one attached hydrogen (secondary N) is 1. The van der Waals surface area contributed by atoms with E-state index in [0.29, 0.717) is 5.69 Å². The number of hydrogen-bond acceptors (Lipinski definition) is 3. The molecule has 1 amide bonds. The average Bonchev–Trinajstić information content (AvgIpc) is 3.01. The molecule has 0 spiro atoms. The summed E-state index contributed by atoms with van der Waals surface area (Å²) in [6, 6.07) is 11.0. The lowest BCUT2D eigenvalue weighted by Gasteiger charge is -2.04. The molecule has 0 aliphatic rings. The number of rotatable bonds is 5. The topological polar surface area (TPSA) is 55.1 Å². The Balaban J connectivity index is 1.63. The lowest BCUT2D eigenvalue weighted by molar-refractivity contribution is -0.116. The van der Waals surface area contributed by atoms with Gasteiger partial charge in [-0.25, -0.2) is 13.8 Å². The van der Waals surface area contributed by atoms with Crippen molar-refractivity contribution in [1.29, 1.82) is 0 Å². The molecule has 0 fully saturated rings. The van der Waals surface area contributed by atoms with Crippen molar-refractivity contribution in [1.82, 2.24) is 4.98 Å². The molecule has 7 heteroatoms. The zero-order chi connectivity index (χ0) is 17.8. The second kappa shape index (κ2) is 7.73. The number of aryl methyl sites for hydroxylation is 1. The minimum absolute atomic E-state index is 0.00335. The molecule has 1 N–H and O–H groups in total. The van der Waals surface area contributed by atoms with Gasteiger partial charge in [-0.1, -0.05) is 12.1 Å². The molecule has 1 aromatic heterocycles. The molecular weight excluding hydrogens is 441 g/mol. The first-order valence-corrected chi connectivity index (χ1v) is 8.55. The Morgan fingerprint density at radius 3 is 2.60 bits per heavy atom. The second-order valence-corrected chi connectivity index (χ2v) is 6.52. The van der Waals surface area contributed by atoms with Crippen molar-refractivity contribution in [3.63, 3.8) is 0 Å². The number of carbonyl (C=O) groups excluding carboxylic acids is 1. The summed E-state index contributed by atoms with van der Waals surface area (Å²) < 4.78 is 33.9. The number of hydrogen-bond donors (Lipinski definition) is 1. The van der Waals surface area contributed by atoms with Gasteiger partial charge in [0.1, 0.15) is 11.6 Å². The van der Waals surface area contributed by atoms with E-state index in [1.165, 1.54) is 12.3 Å². The molecule has 0 atom stereocenters. The highest BCUT2D eigenvalue weighted by Crippen LogP contribution is 2.26. The number of aromatic nitrogens is 1. The predicted octanol–water partition coefficient (Wildman–Crippen LogP) is 4.80. The van der Waals surface area contributed by atoms with E-state index < -0.39 is 11.6 Å². The number of halogens is 3. The van der Waals surface area contributed by atoms with Crippen molar-refractivity contribution in [3.05, 3.63) is 69.8 Å². The molecule has 3 aromatic rings. The summed E-state index contributed by atoms with van der Waals surface area (Å²) >= 11 is 2.16. The van der Waals surface area contributed by atoms with Crippen molar-refractivity contribution in [2.24, 2.45) is 0 Å². The van der Waals surface area contributed by atoms with Crippen LogP contribution < -0.4 is 5.32 Å². The number of oxazole rings is 1. The summed E-state index contributed by atoms with van der Waals surface area (Å²) in [5.74, 6) is -1.39. The summed E-state index contributed by atoms with van der Waals surface area (Å²) in [6.45, 7) is 0. The molecule has 0 unspecified atom stereocenters. The van der Waals surface area contributed by atoms with Gasteiger partial charge in [0.2, 0.25) is 5.91 Å². The lowest BCUT2D eigenvalue weighted by Crippen LogP contribution is -2.12. The number of carbonyl (C=O) groups is 1. The van der Waals surface area contributed by atoms with Gasteiger partial charge in [-0.15, -0.1) is 0 Å². The van der Waals surface area contributed by atoms with E-state index >= 15 is 0 Å². The van der Waals surface area contributed by atoms with E-state index in [2.05, 4.69) is 32.9 Å². The molecule has 0 aliphatic carbocycles. The quantitative estimate of drug-likeness (QED) is 0.564. The SMILES string of the molecule is O=C(CCc1ncc(-c2c(F)cccc2F)o1)Nc1cccc(I)c1. The summed E-state index contributed by atoms with van der Waals surface area (Å²) in [5.41, 5.74) is 0.447. The average molecular weight is 454 g/mol. The standard InChI is InChI=1S/C18H13F2IN2O2/c19-13-5-2-6-14(20)18(13)15-10-22-17(25-15)8-7-16(24)23-12-4-1-3-11(21)9-12/h1-6,9-10H,7-8H2,(H,23,24). The highest BCUT2D eigenvalue weighted by molar-refractivity contribution is 14.1.